The minimum Gasteiger partial charge on any atom is -0.382 e. The van der Waals surface area contributed by atoms with E-state index in [0.717, 1.165) is 77.0 Å². The summed E-state index contributed by atoms with van der Waals surface area (Å²) in [5.41, 5.74) is 6.18. The Balaban J connectivity index is 1.83. The van der Waals surface area contributed by atoms with Crippen LogP contribution in [0.3, 0.4) is 0 Å². The molecular formula is C36H41N3O4. The van der Waals surface area contributed by atoms with Crippen LogP contribution in [0.2, 0.25) is 0 Å². The highest BCUT2D eigenvalue weighted by Gasteiger charge is 2.65. The number of fused-ring (bicyclic) bond motifs is 13. The number of amides is 1. The quantitative estimate of drug-likeness (QED) is 0.248. The molecule has 5 aromatic rings. The van der Waals surface area contributed by atoms with Gasteiger partial charge in [0, 0.05) is 53.6 Å². The van der Waals surface area contributed by atoms with Crippen LogP contribution < -0.4 is 0 Å². The Morgan fingerprint density at radius 1 is 1.05 bits per heavy atom. The predicted octanol–water partition coefficient (Wildman–Crippen LogP) is 7.08. The maximum Gasteiger partial charge on any atom is 0.255 e. The van der Waals surface area contributed by atoms with Gasteiger partial charge in [0.2, 0.25) is 0 Å². The summed E-state index contributed by atoms with van der Waals surface area (Å²) in [6, 6.07) is 6.69. The van der Waals surface area contributed by atoms with E-state index in [9.17, 15) is 11.3 Å². The minimum atomic E-state index is -1.40. The van der Waals surface area contributed by atoms with Crippen molar-refractivity contribution in [3.8, 4) is 0 Å². The lowest BCUT2D eigenvalue weighted by Crippen LogP contribution is -2.58. The zero-order valence-corrected chi connectivity index (χ0v) is 26.8. The van der Waals surface area contributed by atoms with Crippen molar-refractivity contribution in [1.82, 2.24) is 14.0 Å². The van der Waals surface area contributed by atoms with Crippen LogP contribution in [0.25, 0.3) is 43.6 Å². The van der Waals surface area contributed by atoms with E-state index in [2.05, 4.69) is 75.8 Å². The first-order valence-electron chi connectivity index (χ1n) is 15.9. The fraction of sp³-hybridized carbons (Fsp3) is 0.472. The fourth-order valence-corrected chi connectivity index (χ4v) is 9.10. The average molecular weight is 581 g/mol. The average Bonchev–Trinajstić information content (AvgIpc) is 3.60. The summed E-state index contributed by atoms with van der Waals surface area (Å²) in [5.74, 6) is -0.182. The summed E-state index contributed by atoms with van der Waals surface area (Å²) in [4.78, 5) is 16.3. The number of aryl methyl sites for hydroxylation is 2. The van der Waals surface area contributed by atoms with E-state index >= 15 is 0 Å². The maximum atomic E-state index is 14.5. The molecule has 8 rings (SSSR count). The molecule has 2 aromatic heterocycles. The van der Waals surface area contributed by atoms with E-state index in [4.69, 9.17) is 9.47 Å². The first-order chi connectivity index (χ1) is 20.7. The lowest BCUT2D eigenvalue weighted by Gasteiger charge is -2.45. The zero-order chi connectivity index (χ0) is 31.6. The number of aliphatic hydroxyl groups is 1. The molecule has 0 spiro atoms. The van der Waals surface area contributed by atoms with Gasteiger partial charge < -0.3 is 28.6 Å². The molecule has 0 aliphatic carbocycles. The molecule has 1 amide bonds. The van der Waals surface area contributed by atoms with Crippen molar-refractivity contribution >= 4 is 49.5 Å². The van der Waals surface area contributed by atoms with Crippen LogP contribution in [-0.4, -0.2) is 51.4 Å². The molecule has 7 heteroatoms. The lowest BCUT2D eigenvalue weighted by molar-refractivity contribution is -0.228. The molecule has 3 aromatic carbocycles. The van der Waals surface area contributed by atoms with E-state index in [1.807, 2.05) is 18.9 Å². The topological polar surface area (TPSA) is 68.9 Å². The van der Waals surface area contributed by atoms with Crippen LogP contribution >= 0.6 is 0 Å². The van der Waals surface area contributed by atoms with E-state index < -0.39 is 23.1 Å². The van der Waals surface area contributed by atoms with Gasteiger partial charge in [-0.15, -0.1) is 0 Å². The molecule has 43 heavy (non-hydrogen) atoms. The smallest absolute Gasteiger partial charge is 0.255 e. The number of benzene rings is 3. The van der Waals surface area contributed by atoms with E-state index in [-0.39, 0.29) is 18.4 Å². The number of ether oxygens (including phenoxy) is 2. The Labute approximate surface area is 253 Å². The molecule has 2 bridgehead atoms. The molecular weight excluding hydrogens is 538 g/mol. The minimum absolute atomic E-state index is 0.00692. The summed E-state index contributed by atoms with van der Waals surface area (Å²) in [5, 5.41) is 16.8. The molecule has 1 N–H and O–H groups in total. The summed E-state index contributed by atoms with van der Waals surface area (Å²) < 4.78 is 27.2. The van der Waals surface area contributed by atoms with Gasteiger partial charge in [-0.25, -0.2) is 0 Å². The number of hydrogen-bond donors (Lipinski definition) is 1. The SMILES string of the molecule is [2H]c1c(C)c(C)c(C)c2c3c4c(c5c6c(C)cccc6n6c5c3n(c12)[C@@]1(C(C)C)O[C@@H]6C[C@]1(O)COC)C(=O)N(C)C4(C)C. The highest BCUT2D eigenvalue weighted by atomic mass is 16.6. The third-order valence-corrected chi connectivity index (χ3v) is 11.4. The Bertz CT molecular complexity index is 2170. The maximum absolute atomic E-state index is 14.5. The van der Waals surface area contributed by atoms with Gasteiger partial charge in [-0.3, -0.25) is 4.79 Å². The third kappa shape index (κ3) is 2.73. The van der Waals surface area contributed by atoms with Gasteiger partial charge in [-0.1, -0.05) is 26.0 Å². The van der Waals surface area contributed by atoms with Crippen molar-refractivity contribution in [2.75, 3.05) is 20.8 Å². The van der Waals surface area contributed by atoms with Crippen LogP contribution in [0.15, 0.2) is 24.2 Å². The van der Waals surface area contributed by atoms with Crippen LogP contribution in [0.5, 0.6) is 0 Å². The van der Waals surface area contributed by atoms with E-state index in [0.29, 0.717) is 12.5 Å². The Kier molecular flexibility index (Phi) is 4.85. The molecule has 1 fully saturated rings. The largest absolute Gasteiger partial charge is 0.382 e. The number of hydrogen-bond acceptors (Lipinski definition) is 4. The first-order valence-corrected chi connectivity index (χ1v) is 15.4. The van der Waals surface area contributed by atoms with Crippen molar-refractivity contribution in [3.05, 3.63) is 57.6 Å². The summed E-state index contributed by atoms with van der Waals surface area (Å²) in [6.07, 6.45) is -0.209. The van der Waals surface area contributed by atoms with Gasteiger partial charge in [0.25, 0.3) is 5.91 Å². The van der Waals surface area contributed by atoms with Gasteiger partial charge in [-0.2, -0.15) is 0 Å². The van der Waals surface area contributed by atoms with Crippen molar-refractivity contribution in [2.24, 2.45) is 5.92 Å². The molecule has 224 valence electrons. The molecule has 0 saturated carbocycles. The molecule has 5 heterocycles. The van der Waals surface area contributed by atoms with Gasteiger partial charge in [-0.05, 0) is 75.9 Å². The second-order valence-electron chi connectivity index (χ2n) is 14.1. The van der Waals surface area contributed by atoms with Gasteiger partial charge in [0.1, 0.15) is 11.8 Å². The van der Waals surface area contributed by atoms with E-state index in [1.165, 1.54) is 0 Å². The summed E-state index contributed by atoms with van der Waals surface area (Å²) >= 11 is 0. The van der Waals surface area contributed by atoms with Crippen LogP contribution in [0, 0.1) is 33.6 Å². The standard InChI is InChI=1S/C36H41N3O4/c1-17(2)36-35(41,16-42-10)15-24(43-36)38-22-13-11-12-18(3)25(22)27-29-30(34(7,8)37(9)33(29)40)28-26-21(6)20(5)19(4)14-23(26)39(36)32(28)31(27)38/h11-14,17,24,41H,15-16H2,1-10H3/t24-,35+,36+/m1/s1/i14D. The zero-order valence-electron chi connectivity index (χ0n) is 27.8. The van der Waals surface area contributed by atoms with Gasteiger partial charge in [0.15, 0.2) is 5.72 Å². The predicted molar refractivity (Wildman–Crippen MR) is 171 cm³/mol. The Hall–Kier alpha value is -3.39. The Morgan fingerprint density at radius 3 is 2.44 bits per heavy atom. The summed E-state index contributed by atoms with van der Waals surface area (Å²) in [7, 11) is 3.52. The highest BCUT2D eigenvalue weighted by Crippen LogP contribution is 2.62. The normalized spacial score (nSPS) is 26.2. The van der Waals surface area contributed by atoms with Gasteiger partial charge in [0.05, 0.1) is 41.1 Å². The molecule has 7 nitrogen and oxygen atoms in total. The second kappa shape index (κ2) is 8.00. The van der Waals surface area contributed by atoms with Crippen molar-refractivity contribution < 1.29 is 20.7 Å². The first kappa shape index (κ1) is 26.1. The molecule has 3 aliphatic heterocycles. The number of methoxy groups -OCH3 is 1. The van der Waals surface area contributed by atoms with Crippen molar-refractivity contribution in [1.29, 1.82) is 0 Å². The fourth-order valence-electron chi connectivity index (χ4n) is 9.10. The molecule has 1 saturated heterocycles. The van der Waals surface area contributed by atoms with Crippen LogP contribution in [-0.2, 0) is 20.7 Å². The number of carbonyl (C=O) groups is 1. The molecule has 0 unspecified atom stereocenters. The van der Waals surface area contributed by atoms with Crippen LogP contribution in [0.4, 0.5) is 0 Å². The molecule has 3 aliphatic rings. The number of rotatable bonds is 3. The number of nitrogens with zero attached hydrogens (tertiary/aromatic N) is 3. The monoisotopic (exact) mass is 580 g/mol. The highest BCUT2D eigenvalue weighted by molar-refractivity contribution is 6.32. The van der Waals surface area contributed by atoms with Crippen molar-refractivity contribution in [2.45, 2.75) is 84.9 Å². The van der Waals surface area contributed by atoms with Gasteiger partial charge >= 0.3 is 0 Å². The van der Waals surface area contributed by atoms with Crippen molar-refractivity contribution in [3.63, 3.8) is 0 Å². The van der Waals surface area contributed by atoms with Crippen LogP contribution in [0.1, 0.15) is 79.9 Å². The number of aromatic nitrogens is 2. The second-order valence-corrected chi connectivity index (χ2v) is 14.1. The number of carbonyl (C=O) groups excluding carboxylic acids is 1. The lowest BCUT2D eigenvalue weighted by atomic mass is 9.80. The van der Waals surface area contributed by atoms with E-state index in [1.54, 1.807) is 7.11 Å². The molecule has 3 atom stereocenters. The molecule has 0 radical (unpaired) electrons. The third-order valence-electron chi connectivity index (χ3n) is 11.4. The Morgan fingerprint density at radius 2 is 1.77 bits per heavy atom. The summed E-state index contributed by atoms with van der Waals surface area (Å²) in [6.45, 7) is 16.8.